The maximum atomic E-state index is 12.5. The molecule has 0 radical (unpaired) electrons. The van der Waals surface area contributed by atoms with E-state index < -0.39 is 0 Å². The number of hydrogen-bond donors (Lipinski definition) is 1. The molecule has 1 aliphatic rings. The van der Waals surface area contributed by atoms with Crippen molar-refractivity contribution in [3.8, 4) is 0 Å². The fourth-order valence-corrected chi connectivity index (χ4v) is 4.85. The Morgan fingerprint density at radius 2 is 2.14 bits per heavy atom. The molecule has 0 atom stereocenters. The van der Waals surface area contributed by atoms with E-state index in [9.17, 15) is 4.79 Å². The van der Waals surface area contributed by atoms with Crippen molar-refractivity contribution in [2.75, 3.05) is 5.32 Å². The lowest BCUT2D eigenvalue weighted by Gasteiger charge is -2.14. The minimum Gasteiger partial charge on any atom is -0.322 e. The minimum absolute atomic E-state index is 0.00684. The van der Waals surface area contributed by atoms with Gasteiger partial charge in [-0.1, -0.05) is 19.1 Å². The smallest absolute Gasteiger partial charge is 0.262 e. The van der Waals surface area contributed by atoms with Crippen LogP contribution < -0.4 is 5.32 Å². The summed E-state index contributed by atoms with van der Waals surface area (Å²) in [5.74, 6) is 0.882. The fraction of sp³-hybridized carbons (Fsp3) is 0.278. The average molecular weight is 329 g/mol. The molecule has 0 unspecified atom stereocenters. The fourth-order valence-electron chi connectivity index (χ4n) is 2.50. The second-order valence-electron chi connectivity index (χ2n) is 5.43. The van der Waals surface area contributed by atoms with Gasteiger partial charge in [-0.05, 0) is 55.2 Å². The number of aryl methyl sites for hydroxylation is 2. The summed E-state index contributed by atoms with van der Waals surface area (Å²) in [7, 11) is 0. The van der Waals surface area contributed by atoms with Crippen LogP contribution in [0, 0.1) is 13.8 Å². The Morgan fingerprint density at radius 1 is 1.32 bits per heavy atom. The van der Waals surface area contributed by atoms with Crippen LogP contribution in [0.15, 0.2) is 29.2 Å². The van der Waals surface area contributed by atoms with Crippen molar-refractivity contribution in [1.82, 2.24) is 0 Å². The molecule has 3 rings (SSSR count). The van der Waals surface area contributed by atoms with Crippen LogP contribution in [0.2, 0.25) is 0 Å². The number of carbonyl (C=O) groups is 1. The van der Waals surface area contributed by atoms with E-state index in [0.29, 0.717) is 0 Å². The number of carbonyl (C=O) groups excluding carboxylic acids is 1. The van der Waals surface area contributed by atoms with Gasteiger partial charge in [-0.15, -0.1) is 23.1 Å². The summed E-state index contributed by atoms with van der Waals surface area (Å²) in [6.07, 6.45) is 3.01. The lowest BCUT2D eigenvalue weighted by atomic mass is 10.1. The molecule has 0 saturated carbocycles. The molecule has 0 spiro atoms. The highest BCUT2D eigenvalue weighted by Gasteiger charge is 2.21. The van der Waals surface area contributed by atoms with Gasteiger partial charge < -0.3 is 5.32 Å². The Labute approximate surface area is 139 Å². The molecule has 0 aliphatic carbocycles. The van der Waals surface area contributed by atoms with Gasteiger partial charge in [0.05, 0.1) is 4.91 Å². The SMILES string of the molecule is CCc1cccc(NC(=O)C2=Cc3sc(C)c(C)c3CS2)c1. The Balaban J connectivity index is 1.81. The maximum Gasteiger partial charge on any atom is 0.262 e. The van der Waals surface area contributed by atoms with Gasteiger partial charge in [0.15, 0.2) is 0 Å². The maximum absolute atomic E-state index is 12.5. The molecule has 1 amide bonds. The number of amides is 1. The summed E-state index contributed by atoms with van der Waals surface area (Å²) >= 11 is 3.41. The van der Waals surface area contributed by atoms with E-state index in [1.165, 1.54) is 26.4 Å². The first-order valence-corrected chi connectivity index (χ1v) is 9.22. The predicted octanol–water partition coefficient (Wildman–Crippen LogP) is 5.15. The largest absolute Gasteiger partial charge is 0.322 e. The first-order valence-electron chi connectivity index (χ1n) is 7.42. The number of benzene rings is 1. The number of nitrogens with one attached hydrogen (secondary N) is 1. The van der Waals surface area contributed by atoms with E-state index in [1.807, 2.05) is 24.3 Å². The van der Waals surface area contributed by atoms with Crippen molar-refractivity contribution < 1.29 is 4.79 Å². The second kappa shape index (κ2) is 6.31. The molecule has 22 heavy (non-hydrogen) atoms. The molecule has 114 valence electrons. The molecule has 1 aromatic carbocycles. The lowest BCUT2D eigenvalue weighted by Crippen LogP contribution is -2.14. The van der Waals surface area contributed by atoms with Gasteiger partial charge >= 0.3 is 0 Å². The molecule has 0 saturated heterocycles. The normalized spacial score (nSPS) is 13.5. The highest BCUT2D eigenvalue weighted by atomic mass is 32.2. The third-order valence-corrected chi connectivity index (χ3v) is 6.24. The van der Waals surface area contributed by atoms with Crippen LogP contribution in [0.25, 0.3) is 6.08 Å². The third kappa shape index (κ3) is 2.99. The topological polar surface area (TPSA) is 29.1 Å². The van der Waals surface area contributed by atoms with Crippen molar-refractivity contribution in [2.45, 2.75) is 32.9 Å². The molecular weight excluding hydrogens is 310 g/mol. The van der Waals surface area contributed by atoms with Crippen LogP contribution in [0.3, 0.4) is 0 Å². The van der Waals surface area contributed by atoms with Gasteiger partial charge in [-0.2, -0.15) is 0 Å². The van der Waals surface area contributed by atoms with Gasteiger partial charge in [0.25, 0.3) is 5.91 Å². The number of thiophene rings is 1. The molecule has 0 fully saturated rings. The number of hydrogen-bond acceptors (Lipinski definition) is 3. The standard InChI is InChI=1S/C18H19NOS2/c1-4-13-6-5-7-14(8-13)19-18(20)17-9-16-15(10-21-17)11(2)12(3)22-16/h5-9H,4,10H2,1-3H3,(H,19,20). The highest BCUT2D eigenvalue weighted by molar-refractivity contribution is 8.03. The van der Waals surface area contributed by atoms with Crippen molar-refractivity contribution in [3.63, 3.8) is 0 Å². The van der Waals surface area contributed by atoms with Gasteiger partial charge in [0.2, 0.25) is 0 Å². The highest BCUT2D eigenvalue weighted by Crippen LogP contribution is 2.39. The van der Waals surface area contributed by atoms with Gasteiger partial charge in [-0.25, -0.2) is 0 Å². The van der Waals surface area contributed by atoms with Crippen molar-refractivity contribution >= 4 is 40.8 Å². The number of anilines is 1. The second-order valence-corrected chi connectivity index (χ2v) is 7.70. The predicted molar refractivity (Wildman–Crippen MR) is 97.5 cm³/mol. The lowest BCUT2D eigenvalue weighted by molar-refractivity contribution is -0.112. The molecule has 1 N–H and O–H groups in total. The van der Waals surface area contributed by atoms with E-state index in [0.717, 1.165) is 22.8 Å². The van der Waals surface area contributed by atoms with Crippen molar-refractivity contribution in [3.05, 3.63) is 55.6 Å². The quantitative estimate of drug-likeness (QED) is 0.843. The summed E-state index contributed by atoms with van der Waals surface area (Å²) in [6.45, 7) is 6.43. The number of thioether (sulfide) groups is 1. The van der Waals surface area contributed by atoms with Crippen LogP contribution in [0.4, 0.5) is 5.69 Å². The van der Waals surface area contributed by atoms with Gasteiger partial charge in [-0.3, -0.25) is 4.79 Å². The first kappa shape index (κ1) is 15.4. The van der Waals surface area contributed by atoms with E-state index in [1.54, 1.807) is 23.1 Å². The van der Waals surface area contributed by atoms with Crippen molar-refractivity contribution in [1.29, 1.82) is 0 Å². The summed E-state index contributed by atoms with van der Waals surface area (Å²) < 4.78 is 0. The van der Waals surface area contributed by atoms with Crippen LogP contribution in [-0.2, 0) is 17.0 Å². The molecule has 2 heterocycles. The molecule has 1 aromatic heterocycles. The summed E-state index contributed by atoms with van der Waals surface area (Å²) in [5, 5.41) is 3.02. The first-order chi connectivity index (χ1) is 10.6. The molecule has 0 bridgehead atoms. The number of rotatable bonds is 3. The Hall–Kier alpha value is -1.52. The Morgan fingerprint density at radius 3 is 2.91 bits per heavy atom. The average Bonchev–Trinajstić information content (AvgIpc) is 2.81. The molecular formula is C18H19NOS2. The Bertz CT molecular complexity index is 758. The van der Waals surface area contributed by atoms with E-state index in [4.69, 9.17) is 0 Å². The van der Waals surface area contributed by atoms with Crippen LogP contribution in [0.1, 0.15) is 33.4 Å². The molecule has 2 nitrogen and oxygen atoms in total. The van der Waals surface area contributed by atoms with Crippen LogP contribution in [0.5, 0.6) is 0 Å². The van der Waals surface area contributed by atoms with E-state index >= 15 is 0 Å². The van der Waals surface area contributed by atoms with E-state index in [2.05, 4.69) is 32.2 Å². The van der Waals surface area contributed by atoms with E-state index in [-0.39, 0.29) is 5.91 Å². The monoisotopic (exact) mass is 329 g/mol. The van der Waals surface area contributed by atoms with Crippen LogP contribution in [-0.4, -0.2) is 5.91 Å². The zero-order valence-corrected chi connectivity index (χ0v) is 14.7. The summed E-state index contributed by atoms with van der Waals surface area (Å²) in [6, 6.07) is 8.04. The number of fused-ring (bicyclic) bond motifs is 1. The summed E-state index contributed by atoms with van der Waals surface area (Å²) in [5.41, 5.74) is 4.86. The zero-order valence-electron chi connectivity index (χ0n) is 13.0. The minimum atomic E-state index is -0.00684. The molecule has 2 aromatic rings. The Kier molecular flexibility index (Phi) is 4.41. The molecule has 1 aliphatic heterocycles. The molecule has 4 heteroatoms. The van der Waals surface area contributed by atoms with Crippen LogP contribution >= 0.6 is 23.1 Å². The summed E-state index contributed by atoms with van der Waals surface area (Å²) in [4.78, 5) is 15.9. The van der Waals surface area contributed by atoms with Gasteiger partial charge in [0, 0.05) is 21.2 Å². The third-order valence-electron chi connectivity index (χ3n) is 3.99. The van der Waals surface area contributed by atoms with Gasteiger partial charge in [0.1, 0.15) is 0 Å². The zero-order chi connectivity index (χ0) is 15.7. The van der Waals surface area contributed by atoms with Crippen molar-refractivity contribution in [2.24, 2.45) is 0 Å².